The van der Waals surface area contributed by atoms with Crippen molar-refractivity contribution in [2.75, 3.05) is 20.0 Å². The highest BCUT2D eigenvalue weighted by atomic mass is 32.2. The van der Waals surface area contributed by atoms with Crippen molar-refractivity contribution in [2.45, 2.75) is 11.6 Å². The summed E-state index contributed by atoms with van der Waals surface area (Å²) in [6.45, 7) is 0. The lowest BCUT2D eigenvalue weighted by Crippen LogP contribution is -2.15. The van der Waals surface area contributed by atoms with E-state index >= 15 is 0 Å². The molecule has 0 atom stereocenters. The zero-order chi connectivity index (χ0) is 17.9. The number of rotatable bonds is 5. The van der Waals surface area contributed by atoms with Gasteiger partial charge in [-0.3, -0.25) is 0 Å². The largest absolute Gasteiger partial charge is 0.493 e. The molecule has 132 valence electrons. The van der Waals surface area contributed by atoms with E-state index in [4.69, 9.17) is 14.6 Å². The van der Waals surface area contributed by atoms with Gasteiger partial charge in [0, 0.05) is 17.7 Å². The SMILES string of the molecule is COc1ccc(C2=Nn3c(Cc4ccccc4)nnc3SC2)cc1OC. The van der Waals surface area contributed by atoms with Gasteiger partial charge in [-0.05, 0) is 23.8 Å². The van der Waals surface area contributed by atoms with Gasteiger partial charge in [-0.1, -0.05) is 42.1 Å². The fourth-order valence-electron chi connectivity index (χ4n) is 2.81. The monoisotopic (exact) mass is 366 g/mol. The number of hydrogen-bond donors (Lipinski definition) is 0. The molecule has 26 heavy (non-hydrogen) atoms. The molecule has 0 bridgehead atoms. The maximum atomic E-state index is 5.41. The van der Waals surface area contributed by atoms with Gasteiger partial charge in [0.15, 0.2) is 17.3 Å². The van der Waals surface area contributed by atoms with Crippen LogP contribution in [0.25, 0.3) is 0 Å². The second-order valence-electron chi connectivity index (χ2n) is 5.78. The van der Waals surface area contributed by atoms with Gasteiger partial charge in [0.25, 0.3) is 0 Å². The first kappa shape index (κ1) is 16.7. The Bertz CT molecular complexity index is 953. The molecule has 0 amide bonds. The average Bonchev–Trinajstić information content (AvgIpc) is 3.10. The number of hydrogen-bond acceptors (Lipinski definition) is 6. The summed E-state index contributed by atoms with van der Waals surface area (Å²) in [5.74, 6) is 2.96. The molecule has 2 aromatic carbocycles. The molecule has 0 spiro atoms. The molecule has 1 aliphatic rings. The van der Waals surface area contributed by atoms with Gasteiger partial charge >= 0.3 is 0 Å². The lowest BCUT2D eigenvalue weighted by atomic mass is 10.1. The van der Waals surface area contributed by atoms with E-state index in [1.165, 1.54) is 5.56 Å². The van der Waals surface area contributed by atoms with Crippen molar-refractivity contribution in [1.29, 1.82) is 0 Å². The molecule has 0 fully saturated rings. The average molecular weight is 366 g/mol. The summed E-state index contributed by atoms with van der Waals surface area (Å²) in [5, 5.41) is 14.2. The summed E-state index contributed by atoms with van der Waals surface area (Å²) in [6, 6.07) is 16.1. The van der Waals surface area contributed by atoms with Crippen molar-refractivity contribution in [3.63, 3.8) is 0 Å². The highest BCUT2D eigenvalue weighted by Crippen LogP contribution is 2.30. The third-order valence-corrected chi connectivity index (χ3v) is 5.09. The van der Waals surface area contributed by atoms with E-state index in [0.29, 0.717) is 17.9 Å². The van der Waals surface area contributed by atoms with Crippen LogP contribution in [-0.2, 0) is 6.42 Å². The Morgan fingerprint density at radius 1 is 1.00 bits per heavy atom. The first-order valence-corrected chi connectivity index (χ1v) is 9.18. The minimum absolute atomic E-state index is 0.691. The molecule has 0 N–H and O–H groups in total. The fraction of sp³-hybridized carbons (Fsp3) is 0.211. The molecule has 0 aliphatic carbocycles. The normalized spacial score (nSPS) is 13.1. The summed E-state index contributed by atoms with van der Waals surface area (Å²) in [7, 11) is 3.26. The topological polar surface area (TPSA) is 61.5 Å². The van der Waals surface area contributed by atoms with Crippen molar-refractivity contribution < 1.29 is 9.47 Å². The maximum Gasteiger partial charge on any atom is 0.212 e. The van der Waals surface area contributed by atoms with Gasteiger partial charge < -0.3 is 9.47 Å². The quantitative estimate of drug-likeness (QED) is 0.694. The van der Waals surface area contributed by atoms with E-state index in [0.717, 1.165) is 28.0 Å². The Kier molecular flexibility index (Phi) is 4.62. The predicted octanol–water partition coefficient (Wildman–Crippen LogP) is 3.24. The number of methoxy groups -OCH3 is 2. The van der Waals surface area contributed by atoms with Crippen LogP contribution in [0.2, 0.25) is 0 Å². The summed E-state index contributed by atoms with van der Waals surface area (Å²) in [5.41, 5.74) is 3.14. The van der Waals surface area contributed by atoms with Crippen molar-refractivity contribution in [2.24, 2.45) is 5.10 Å². The summed E-state index contributed by atoms with van der Waals surface area (Å²) in [6.07, 6.45) is 0.692. The minimum Gasteiger partial charge on any atom is -0.493 e. The highest BCUT2D eigenvalue weighted by molar-refractivity contribution is 7.99. The van der Waals surface area contributed by atoms with E-state index in [1.54, 1.807) is 26.0 Å². The first-order chi connectivity index (χ1) is 12.8. The lowest BCUT2D eigenvalue weighted by molar-refractivity contribution is 0.355. The number of aromatic nitrogens is 3. The molecular weight excluding hydrogens is 348 g/mol. The number of nitrogens with zero attached hydrogens (tertiary/aromatic N) is 4. The van der Waals surface area contributed by atoms with Crippen LogP contribution < -0.4 is 9.47 Å². The van der Waals surface area contributed by atoms with Crippen LogP contribution in [0.4, 0.5) is 0 Å². The van der Waals surface area contributed by atoms with Crippen molar-refractivity contribution in [1.82, 2.24) is 14.9 Å². The van der Waals surface area contributed by atoms with E-state index in [1.807, 2.05) is 41.1 Å². The zero-order valence-corrected chi connectivity index (χ0v) is 15.4. The molecule has 1 aliphatic heterocycles. The van der Waals surface area contributed by atoms with Gasteiger partial charge in [0.05, 0.1) is 19.9 Å². The van der Waals surface area contributed by atoms with Crippen LogP contribution >= 0.6 is 11.8 Å². The Morgan fingerprint density at radius 2 is 1.81 bits per heavy atom. The Balaban J connectivity index is 1.68. The van der Waals surface area contributed by atoms with E-state index in [2.05, 4.69) is 22.3 Å². The number of thioether (sulfide) groups is 1. The van der Waals surface area contributed by atoms with Gasteiger partial charge in [-0.25, -0.2) is 0 Å². The van der Waals surface area contributed by atoms with Crippen LogP contribution in [0.3, 0.4) is 0 Å². The minimum atomic E-state index is 0.691. The van der Waals surface area contributed by atoms with Gasteiger partial charge in [0.2, 0.25) is 5.16 Å². The smallest absolute Gasteiger partial charge is 0.212 e. The fourth-order valence-corrected chi connectivity index (χ4v) is 3.67. The molecule has 0 unspecified atom stereocenters. The molecule has 0 radical (unpaired) electrons. The Morgan fingerprint density at radius 3 is 2.58 bits per heavy atom. The molecule has 0 saturated heterocycles. The highest BCUT2D eigenvalue weighted by Gasteiger charge is 2.20. The van der Waals surface area contributed by atoms with Crippen LogP contribution in [-0.4, -0.2) is 40.6 Å². The molecule has 4 rings (SSSR count). The lowest BCUT2D eigenvalue weighted by Gasteiger charge is -2.15. The van der Waals surface area contributed by atoms with Crippen LogP contribution in [0.5, 0.6) is 11.5 Å². The number of benzene rings is 2. The molecule has 7 heteroatoms. The third kappa shape index (κ3) is 3.17. The maximum absolute atomic E-state index is 5.41. The molecule has 1 aromatic heterocycles. The second-order valence-corrected chi connectivity index (χ2v) is 6.72. The second kappa shape index (κ2) is 7.21. The van der Waals surface area contributed by atoms with E-state index < -0.39 is 0 Å². The Hall–Kier alpha value is -2.80. The van der Waals surface area contributed by atoms with Gasteiger partial charge in [-0.2, -0.15) is 9.78 Å². The molecule has 0 saturated carbocycles. The molecule has 6 nitrogen and oxygen atoms in total. The first-order valence-electron chi connectivity index (χ1n) is 8.19. The van der Waals surface area contributed by atoms with Crippen LogP contribution in [0.15, 0.2) is 58.8 Å². The molecule has 3 aromatic rings. The van der Waals surface area contributed by atoms with E-state index in [9.17, 15) is 0 Å². The molecular formula is C19H18N4O2S. The van der Waals surface area contributed by atoms with Crippen LogP contribution in [0, 0.1) is 0 Å². The van der Waals surface area contributed by atoms with Crippen molar-refractivity contribution in [3.05, 3.63) is 65.5 Å². The predicted molar refractivity (Wildman–Crippen MR) is 101 cm³/mol. The summed E-state index contributed by atoms with van der Waals surface area (Å²) < 4.78 is 12.6. The van der Waals surface area contributed by atoms with Crippen LogP contribution in [0.1, 0.15) is 17.0 Å². The Labute approximate surface area is 155 Å². The third-order valence-electron chi connectivity index (χ3n) is 4.16. The summed E-state index contributed by atoms with van der Waals surface area (Å²) in [4.78, 5) is 0. The number of ether oxygens (including phenoxy) is 2. The standard InChI is InChI=1S/C19H18N4O2S/c1-24-16-9-8-14(11-17(16)25-2)15-12-26-19-21-20-18(23(19)22-15)10-13-6-4-3-5-7-13/h3-9,11H,10,12H2,1-2H3. The van der Waals surface area contributed by atoms with Crippen molar-refractivity contribution in [3.8, 4) is 11.5 Å². The summed E-state index contributed by atoms with van der Waals surface area (Å²) >= 11 is 1.63. The number of fused-ring (bicyclic) bond motifs is 1. The zero-order valence-electron chi connectivity index (χ0n) is 14.5. The van der Waals surface area contributed by atoms with Gasteiger partial charge in [0.1, 0.15) is 0 Å². The van der Waals surface area contributed by atoms with E-state index in [-0.39, 0.29) is 0 Å². The van der Waals surface area contributed by atoms with Crippen molar-refractivity contribution >= 4 is 17.5 Å². The molecule has 2 heterocycles. The van der Waals surface area contributed by atoms with Gasteiger partial charge in [-0.15, -0.1) is 10.2 Å².